The summed E-state index contributed by atoms with van der Waals surface area (Å²) in [6, 6.07) is 61.7. The van der Waals surface area contributed by atoms with E-state index in [9.17, 15) is 0 Å². The van der Waals surface area contributed by atoms with Gasteiger partial charge in [0.1, 0.15) is 5.01 Å². The Balaban J connectivity index is 1.22. The van der Waals surface area contributed by atoms with Crippen molar-refractivity contribution in [3.8, 4) is 52.3 Å². The quantitative estimate of drug-likeness (QED) is 0.172. The lowest BCUT2D eigenvalue weighted by Crippen LogP contribution is -2.12. The number of thiazole rings is 1. The molecule has 0 fully saturated rings. The topological polar surface area (TPSA) is 16.1 Å². The van der Waals surface area contributed by atoms with E-state index in [2.05, 4.69) is 175 Å². The summed E-state index contributed by atoms with van der Waals surface area (Å²) in [4.78, 5) is 12.5. The van der Waals surface area contributed by atoms with Crippen LogP contribution in [0, 0.1) is 0 Å². The monoisotopic (exact) mass is 692 g/mol. The maximum atomic E-state index is 4.96. The number of anilines is 3. The molecule has 0 bridgehead atoms. The van der Waals surface area contributed by atoms with Gasteiger partial charge in [-0.1, -0.05) is 97.1 Å². The van der Waals surface area contributed by atoms with E-state index in [0.29, 0.717) is 0 Å². The van der Waals surface area contributed by atoms with Crippen molar-refractivity contribution in [1.82, 2.24) is 4.98 Å². The average Bonchev–Trinajstić information content (AvgIpc) is 3.95. The van der Waals surface area contributed by atoms with Crippen LogP contribution < -0.4 is 4.90 Å². The van der Waals surface area contributed by atoms with E-state index in [4.69, 9.17) is 4.98 Å². The van der Waals surface area contributed by atoms with Crippen LogP contribution in [0.5, 0.6) is 0 Å². The molecule has 0 spiro atoms. The number of fused-ring (bicyclic) bond motifs is 4. The Morgan fingerprint density at radius 1 is 0.420 bits per heavy atom. The smallest absolute Gasteiger partial charge is 0.124 e. The molecule has 5 aromatic carbocycles. The first kappa shape index (κ1) is 29.3. The fraction of sp³-hybridized carbons (Fsp3) is 0. The molecule has 4 aliphatic rings. The Labute approximate surface area is 302 Å². The number of para-hydroxylation sites is 2. The molecule has 50 heavy (non-hydrogen) atoms. The van der Waals surface area contributed by atoms with Crippen LogP contribution in [0.4, 0.5) is 17.1 Å². The first-order chi connectivity index (χ1) is 24.8. The zero-order chi connectivity index (χ0) is 33.0. The molecule has 0 saturated carbocycles. The summed E-state index contributed by atoms with van der Waals surface area (Å²) in [5, 5.41) is 3.50. The molecule has 6 aromatic rings. The molecule has 0 amide bonds. The summed E-state index contributed by atoms with van der Waals surface area (Å²) < 4.78 is 1.20. The van der Waals surface area contributed by atoms with Gasteiger partial charge in [-0.3, -0.25) is 0 Å². The highest BCUT2D eigenvalue weighted by molar-refractivity contribution is 7.21. The zero-order valence-electron chi connectivity index (χ0n) is 26.8. The Hall–Kier alpha value is -5.59. The van der Waals surface area contributed by atoms with Crippen molar-refractivity contribution in [3.63, 3.8) is 0 Å². The standard InChI is InChI=1S/C45H28N2S3/c1-2-12-34-29(9-1)21-26-38(44(34)43-28-23-31-11-8-18-40(31)49-43)47(33-24-19-32(20-25-33)45-46-36-14-4-6-16-42(36)50-45)37-15-5-3-13-35(37)41-27-22-30-10-7-17-39(30)48-41/h1-28H. The molecule has 3 heterocycles. The molecule has 1 aromatic heterocycles. The van der Waals surface area contributed by atoms with Crippen LogP contribution in [0.3, 0.4) is 0 Å². The molecule has 0 unspecified atom stereocenters. The fourth-order valence-corrected chi connectivity index (χ4v) is 10.1. The predicted molar refractivity (Wildman–Crippen MR) is 217 cm³/mol. The molecule has 10 rings (SSSR count). The molecule has 2 nitrogen and oxygen atoms in total. The van der Waals surface area contributed by atoms with E-state index in [1.807, 2.05) is 22.7 Å². The van der Waals surface area contributed by atoms with Crippen LogP contribution in [0.2, 0.25) is 0 Å². The molecule has 0 saturated heterocycles. The first-order valence-electron chi connectivity index (χ1n) is 16.6. The van der Waals surface area contributed by atoms with Crippen LogP contribution in [0.15, 0.2) is 170 Å². The van der Waals surface area contributed by atoms with Gasteiger partial charge in [0.05, 0.1) is 21.6 Å². The summed E-state index contributed by atoms with van der Waals surface area (Å²) in [6.45, 7) is 0. The molecule has 2 aliphatic carbocycles. The van der Waals surface area contributed by atoms with Gasteiger partial charge in [-0.15, -0.1) is 34.0 Å². The second kappa shape index (κ2) is 12.1. The Kier molecular flexibility index (Phi) is 7.09. The lowest BCUT2D eigenvalue weighted by molar-refractivity contribution is 1.29. The van der Waals surface area contributed by atoms with Gasteiger partial charge >= 0.3 is 0 Å². The minimum atomic E-state index is 1.03. The lowest BCUT2D eigenvalue weighted by Gasteiger charge is -2.30. The largest absolute Gasteiger partial charge is 0.309 e. The van der Waals surface area contributed by atoms with E-state index >= 15 is 0 Å². The van der Waals surface area contributed by atoms with Gasteiger partial charge in [0, 0.05) is 41.9 Å². The Morgan fingerprint density at radius 2 is 1.10 bits per heavy atom. The highest BCUT2D eigenvalue weighted by Gasteiger charge is 2.24. The van der Waals surface area contributed by atoms with E-state index < -0.39 is 0 Å². The molecule has 0 N–H and O–H groups in total. The summed E-state index contributed by atoms with van der Waals surface area (Å²) in [7, 11) is 0. The Bertz CT molecular complexity index is 2700. The average molecular weight is 693 g/mol. The van der Waals surface area contributed by atoms with Gasteiger partial charge < -0.3 is 4.90 Å². The van der Waals surface area contributed by atoms with Crippen LogP contribution in [-0.2, 0) is 0 Å². The highest BCUT2D eigenvalue weighted by Crippen LogP contribution is 2.50. The molecule has 236 valence electrons. The van der Waals surface area contributed by atoms with E-state index in [1.165, 1.54) is 57.2 Å². The number of benzene rings is 5. The van der Waals surface area contributed by atoms with Crippen molar-refractivity contribution in [2.75, 3.05) is 4.90 Å². The van der Waals surface area contributed by atoms with Crippen LogP contribution in [0.1, 0.15) is 0 Å². The predicted octanol–water partition coefficient (Wildman–Crippen LogP) is 14.3. The third-order valence-corrected chi connectivity index (χ3v) is 12.8. The van der Waals surface area contributed by atoms with Crippen molar-refractivity contribution in [2.24, 2.45) is 0 Å². The van der Waals surface area contributed by atoms with Crippen molar-refractivity contribution >= 4 is 72.1 Å². The van der Waals surface area contributed by atoms with Crippen molar-refractivity contribution in [1.29, 1.82) is 0 Å². The van der Waals surface area contributed by atoms with Gasteiger partial charge in [0.2, 0.25) is 0 Å². The molecular formula is C45H28N2S3. The third kappa shape index (κ3) is 5.02. The molecule has 5 heteroatoms. The van der Waals surface area contributed by atoms with E-state index in [1.54, 1.807) is 11.3 Å². The van der Waals surface area contributed by atoms with Gasteiger partial charge in [-0.05, 0) is 94.7 Å². The number of hydrogen-bond donors (Lipinski definition) is 0. The summed E-state index contributed by atoms with van der Waals surface area (Å²) in [5.74, 6) is 0. The number of nitrogens with zero attached hydrogens (tertiary/aromatic N) is 2. The number of hydrogen-bond acceptors (Lipinski definition) is 5. The first-order valence-corrected chi connectivity index (χ1v) is 19.1. The second-order valence-corrected chi connectivity index (χ2v) is 15.6. The molecule has 2 aliphatic heterocycles. The van der Waals surface area contributed by atoms with E-state index in [0.717, 1.165) is 33.1 Å². The fourth-order valence-electron chi connectivity index (χ4n) is 6.95. The van der Waals surface area contributed by atoms with E-state index in [-0.39, 0.29) is 0 Å². The minimum absolute atomic E-state index is 1.03. The highest BCUT2D eigenvalue weighted by atomic mass is 32.1. The van der Waals surface area contributed by atoms with Crippen molar-refractivity contribution < 1.29 is 0 Å². The maximum absolute atomic E-state index is 4.96. The molecule has 0 radical (unpaired) electrons. The van der Waals surface area contributed by atoms with Gasteiger partial charge in [-0.25, -0.2) is 4.98 Å². The maximum Gasteiger partial charge on any atom is 0.124 e. The number of aromatic nitrogens is 1. The zero-order valence-corrected chi connectivity index (χ0v) is 29.2. The molecular weight excluding hydrogens is 665 g/mol. The third-order valence-electron chi connectivity index (χ3n) is 9.36. The van der Waals surface area contributed by atoms with Crippen molar-refractivity contribution in [2.45, 2.75) is 0 Å². The van der Waals surface area contributed by atoms with Crippen LogP contribution >= 0.6 is 34.0 Å². The van der Waals surface area contributed by atoms with Crippen LogP contribution in [-0.4, -0.2) is 4.98 Å². The van der Waals surface area contributed by atoms with Crippen LogP contribution in [0.25, 0.3) is 73.3 Å². The second-order valence-electron chi connectivity index (χ2n) is 12.4. The molecule has 0 atom stereocenters. The Morgan fingerprint density at radius 3 is 1.92 bits per heavy atom. The summed E-state index contributed by atoms with van der Waals surface area (Å²) >= 11 is 5.44. The SMILES string of the molecule is c1cc2ccc(-c3ccccc3N(c3ccc(-c4nc5ccccc5s4)cc3)c3ccc4ccccc4c3-c3ccc4cccc-4s3)sc-2c1. The summed E-state index contributed by atoms with van der Waals surface area (Å²) in [6.07, 6.45) is 0. The van der Waals surface area contributed by atoms with Gasteiger partial charge in [0.15, 0.2) is 0 Å². The summed E-state index contributed by atoms with van der Waals surface area (Å²) in [5.41, 5.74) is 10.5. The normalized spacial score (nSPS) is 11.6. The van der Waals surface area contributed by atoms with Gasteiger partial charge in [0.25, 0.3) is 0 Å². The minimum Gasteiger partial charge on any atom is -0.309 e. The van der Waals surface area contributed by atoms with Gasteiger partial charge in [-0.2, -0.15) is 0 Å². The lowest BCUT2D eigenvalue weighted by atomic mass is 9.98. The van der Waals surface area contributed by atoms with Crippen molar-refractivity contribution in [3.05, 3.63) is 170 Å². The number of rotatable bonds is 6.